The van der Waals surface area contributed by atoms with E-state index in [-0.39, 0.29) is 32.3 Å². The first-order valence-electron chi connectivity index (χ1n) is 19.0. The van der Waals surface area contributed by atoms with Gasteiger partial charge in [-0.05, 0) is 84.6 Å². The monoisotopic (exact) mass is 763 g/mol. The standard InChI is InChI=1S/C43H53N7O6/c51-31-42(53)33-56-22-10-9-21-55-32-41(52)24-48-43(54)34-15-16-35(25-49(27-37-11-1-5-17-44-37)28-38-12-2-6-18-45-38)36(23-34)26-50(29-39-13-3-7-19-46-39)30-40-14-4-8-20-47-40/h1-8,11-20,23,41-42,51-53H,9-10,21-22,24-33H2,(H,48,54). The number of pyridine rings is 4. The van der Waals surface area contributed by atoms with Gasteiger partial charge in [0.05, 0.1) is 48.7 Å². The van der Waals surface area contributed by atoms with Crippen LogP contribution >= 0.6 is 0 Å². The molecule has 1 amide bonds. The number of carbonyl (C=O) groups is 1. The van der Waals surface area contributed by atoms with Crippen LogP contribution < -0.4 is 5.32 Å². The zero-order valence-corrected chi connectivity index (χ0v) is 31.8. The van der Waals surface area contributed by atoms with Crippen LogP contribution in [0.1, 0.15) is 57.1 Å². The van der Waals surface area contributed by atoms with Crippen molar-refractivity contribution in [2.45, 2.75) is 64.3 Å². The van der Waals surface area contributed by atoms with Crippen molar-refractivity contribution in [1.29, 1.82) is 0 Å². The first-order chi connectivity index (χ1) is 27.4. The van der Waals surface area contributed by atoms with Crippen molar-refractivity contribution in [3.63, 3.8) is 0 Å². The molecule has 0 saturated heterocycles. The van der Waals surface area contributed by atoms with Crippen molar-refractivity contribution in [2.24, 2.45) is 0 Å². The van der Waals surface area contributed by atoms with E-state index in [1.807, 2.05) is 91.0 Å². The van der Waals surface area contributed by atoms with Crippen LogP contribution in [0.5, 0.6) is 0 Å². The van der Waals surface area contributed by atoms with Gasteiger partial charge in [-0.1, -0.05) is 30.3 Å². The number of amides is 1. The number of carbonyl (C=O) groups excluding carboxylic acids is 1. The molecule has 2 atom stereocenters. The Morgan fingerprint density at radius 1 is 0.589 bits per heavy atom. The van der Waals surface area contributed by atoms with Crippen LogP contribution in [0, 0.1) is 0 Å². The number of nitrogens with one attached hydrogen (secondary N) is 1. The second-order valence-corrected chi connectivity index (χ2v) is 13.6. The van der Waals surface area contributed by atoms with Gasteiger partial charge in [0, 0.05) is 89.4 Å². The predicted molar refractivity (Wildman–Crippen MR) is 212 cm³/mol. The number of rotatable bonds is 25. The molecule has 0 aliphatic heterocycles. The molecule has 0 spiro atoms. The second kappa shape index (κ2) is 23.8. The Bertz CT molecular complexity index is 1740. The van der Waals surface area contributed by atoms with Crippen LogP contribution in [0.3, 0.4) is 0 Å². The fourth-order valence-electron chi connectivity index (χ4n) is 6.04. The summed E-state index contributed by atoms with van der Waals surface area (Å²) in [5, 5.41) is 31.6. The number of nitrogens with zero attached hydrogens (tertiary/aromatic N) is 6. The molecule has 2 unspecified atom stereocenters. The maximum absolute atomic E-state index is 13.6. The van der Waals surface area contributed by atoms with E-state index in [4.69, 9.17) is 14.6 Å². The third-order valence-electron chi connectivity index (χ3n) is 8.86. The van der Waals surface area contributed by atoms with Crippen LogP contribution in [0.25, 0.3) is 0 Å². The van der Waals surface area contributed by atoms with Crippen LogP contribution in [0.2, 0.25) is 0 Å². The average molecular weight is 764 g/mol. The SMILES string of the molecule is O=C(NCC(O)COCCCCOCC(O)CO)c1ccc(CN(Cc2ccccn2)Cc2ccccn2)c(CN(Cc2ccccn2)Cc2ccccn2)c1. The van der Waals surface area contributed by atoms with E-state index in [0.717, 1.165) is 33.9 Å². The lowest BCUT2D eigenvalue weighted by Gasteiger charge is -2.27. The molecule has 0 aliphatic rings. The predicted octanol–water partition coefficient (Wildman–Crippen LogP) is 3.93. The molecular formula is C43H53N7O6. The van der Waals surface area contributed by atoms with Crippen LogP contribution in [-0.2, 0) is 48.7 Å². The number of hydrogen-bond acceptors (Lipinski definition) is 12. The number of benzene rings is 1. The third kappa shape index (κ3) is 15.3. The highest BCUT2D eigenvalue weighted by Gasteiger charge is 2.19. The van der Waals surface area contributed by atoms with Gasteiger partial charge in [-0.25, -0.2) is 0 Å². The smallest absolute Gasteiger partial charge is 0.251 e. The molecule has 5 aromatic rings. The molecule has 13 nitrogen and oxygen atoms in total. The fraction of sp³-hybridized carbons (Fsp3) is 0.372. The van der Waals surface area contributed by atoms with E-state index in [9.17, 15) is 15.0 Å². The Morgan fingerprint density at radius 2 is 1.04 bits per heavy atom. The molecule has 0 aliphatic carbocycles. The van der Waals surface area contributed by atoms with Crippen LogP contribution in [0.4, 0.5) is 0 Å². The Labute approximate surface area is 329 Å². The van der Waals surface area contributed by atoms with Gasteiger partial charge in [-0.15, -0.1) is 0 Å². The minimum atomic E-state index is -0.882. The summed E-state index contributed by atoms with van der Waals surface area (Å²) in [5.41, 5.74) is 6.26. The van der Waals surface area contributed by atoms with E-state index in [2.05, 4.69) is 35.1 Å². The Morgan fingerprint density at radius 3 is 1.46 bits per heavy atom. The number of ether oxygens (including phenoxy) is 2. The first-order valence-corrected chi connectivity index (χ1v) is 19.0. The molecule has 4 heterocycles. The minimum Gasteiger partial charge on any atom is -0.394 e. The normalized spacial score (nSPS) is 12.5. The fourth-order valence-corrected chi connectivity index (χ4v) is 6.04. The van der Waals surface area contributed by atoms with E-state index in [1.165, 1.54) is 0 Å². The molecule has 4 N–H and O–H groups in total. The van der Waals surface area contributed by atoms with Crippen molar-refractivity contribution in [3.8, 4) is 0 Å². The highest BCUT2D eigenvalue weighted by molar-refractivity contribution is 5.94. The molecule has 56 heavy (non-hydrogen) atoms. The lowest BCUT2D eigenvalue weighted by atomic mass is 10.0. The third-order valence-corrected chi connectivity index (χ3v) is 8.86. The number of aliphatic hydroxyl groups is 3. The molecule has 5 rings (SSSR count). The van der Waals surface area contributed by atoms with E-state index in [0.29, 0.717) is 70.9 Å². The van der Waals surface area contributed by atoms with Gasteiger partial charge in [0.15, 0.2) is 0 Å². The lowest BCUT2D eigenvalue weighted by molar-refractivity contribution is 0.00139. The number of unbranched alkanes of at least 4 members (excludes halogenated alkanes) is 1. The maximum Gasteiger partial charge on any atom is 0.251 e. The van der Waals surface area contributed by atoms with Gasteiger partial charge in [0.2, 0.25) is 0 Å². The molecular weight excluding hydrogens is 711 g/mol. The summed E-state index contributed by atoms with van der Waals surface area (Å²) in [6.07, 6.45) is 6.86. The topological polar surface area (TPSA) is 166 Å². The molecule has 4 aromatic heterocycles. The Hall–Kier alpha value is -4.99. The molecule has 0 bridgehead atoms. The van der Waals surface area contributed by atoms with Crippen molar-refractivity contribution in [2.75, 3.05) is 39.6 Å². The zero-order valence-electron chi connectivity index (χ0n) is 31.8. The first kappa shape index (κ1) is 42.2. The highest BCUT2D eigenvalue weighted by atomic mass is 16.5. The summed E-state index contributed by atoms with van der Waals surface area (Å²) in [6, 6.07) is 29.4. The van der Waals surface area contributed by atoms with Crippen molar-refractivity contribution < 1.29 is 29.6 Å². The van der Waals surface area contributed by atoms with Crippen LogP contribution in [0.15, 0.2) is 116 Å². The average Bonchev–Trinajstić information content (AvgIpc) is 3.22. The van der Waals surface area contributed by atoms with Gasteiger partial charge >= 0.3 is 0 Å². The van der Waals surface area contributed by atoms with Gasteiger partial charge in [0.25, 0.3) is 5.91 Å². The molecule has 1 aromatic carbocycles. The summed E-state index contributed by atoms with van der Waals surface area (Å²) in [6.45, 7) is 4.19. The van der Waals surface area contributed by atoms with Crippen LogP contribution in [-0.4, -0.2) is 103 Å². The highest BCUT2D eigenvalue weighted by Crippen LogP contribution is 2.22. The number of hydrogen-bond donors (Lipinski definition) is 4. The van der Waals surface area contributed by atoms with Gasteiger partial charge in [0.1, 0.15) is 6.10 Å². The number of aromatic nitrogens is 4. The number of aliphatic hydroxyl groups excluding tert-OH is 3. The summed E-state index contributed by atoms with van der Waals surface area (Å²) in [7, 11) is 0. The molecule has 13 heteroatoms. The quantitative estimate of drug-likeness (QED) is 0.0634. The van der Waals surface area contributed by atoms with E-state index in [1.54, 1.807) is 24.8 Å². The maximum atomic E-state index is 13.6. The zero-order chi connectivity index (χ0) is 39.2. The van der Waals surface area contributed by atoms with Gasteiger partial charge in [-0.3, -0.25) is 34.5 Å². The minimum absolute atomic E-state index is 0.0332. The summed E-state index contributed by atoms with van der Waals surface area (Å²) in [5.74, 6) is -0.293. The second-order valence-electron chi connectivity index (χ2n) is 13.6. The van der Waals surface area contributed by atoms with Gasteiger partial charge in [-0.2, -0.15) is 0 Å². The van der Waals surface area contributed by atoms with Gasteiger partial charge < -0.3 is 30.1 Å². The van der Waals surface area contributed by atoms with Crippen molar-refractivity contribution >= 4 is 5.91 Å². The molecule has 0 saturated carbocycles. The molecule has 296 valence electrons. The summed E-state index contributed by atoms with van der Waals surface area (Å²) < 4.78 is 10.9. The summed E-state index contributed by atoms with van der Waals surface area (Å²) >= 11 is 0. The molecule has 0 fully saturated rings. The lowest BCUT2D eigenvalue weighted by Crippen LogP contribution is -2.35. The largest absolute Gasteiger partial charge is 0.394 e. The van der Waals surface area contributed by atoms with Crippen molar-refractivity contribution in [1.82, 2.24) is 35.1 Å². The Balaban J connectivity index is 1.30. The van der Waals surface area contributed by atoms with E-state index < -0.39 is 12.2 Å². The Kier molecular flexibility index (Phi) is 17.9. The summed E-state index contributed by atoms with van der Waals surface area (Å²) in [4.78, 5) is 36.5. The molecule has 0 radical (unpaired) electrons. The van der Waals surface area contributed by atoms with Crippen molar-refractivity contribution in [3.05, 3.63) is 155 Å². The van der Waals surface area contributed by atoms with E-state index >= 15 is 0 Å².